The molecular weight excluding hydrogens is 236 g/mol. The molecule has 0 atom stereocenters. The largest absolute Gasteiger partial charge is 0.204 e. The summed E-state index contributed by atoms with van der Waals surface area (Å²) in [5.41, 5.74) is 4.60. The van der Waals surface area contributed by atoms with Crippen LogP contribution >= 0.6 is 0 Å². The zero-order valence-electron chi connectivity index (χ0n) is 11.5. The van der Waals surface area contributed by atoms with Gasteiger partial charge in [-0.15, -0.1) is 10.2 Å². The summed E-state index contributed by atoms with van der Waals surface area (Å²) in [5, 5.41) is 14.2. The van der Waals surface area contributed by atoms with Crippen molar-refractivity contribution in [2.24, 2.45) is 0 Å². The van der Waals surface area contributed by atoms with Crippen LogP contribution in [0, 0.1) is 0 Å². The monoisotopic (exact) mass is 254 g/mol. The van der Waals surface area contributed by atoms with Crippen LogP contribution in [0.5, 0.6) is 0 Å². The number of H-pyrrole nitrogens is 1. The third-order valence-corrected chi connectivity index (χ3v) is 3.13. The number of nitrogens with one attached hydrogen (secondary N) is 1. The normalized spacial score (nSPS) is 12.8. The van der Waals surface area contributed by atoms with Crippen LogP contribution in [0.2, 0.25) is 0 Å². The molecule has 0 aliphatic rings. The van der Waals surface area contributed by atoms with Gasteiger partial charge in [0.05, 0.1) is 0 Å². The van der Waals surface area contributed by atoms with E-state index in [0.717, 1.165) is 23.1 Å². The van der Waals surface area contributed by atoms with Crippen molar-refractivity contribution in [1.82, 2.24) is 20.6 Å². The molecule has 2 rings (SSSR count). The molecule has 0 spiro atoms. The van der Waals surface area contributed by atoms with E-state index in [4.69, 9.17) is 0 Å². The van der Waals surface area contributed by atoms with Gasteiger partial charge in [-0.3, -0.25) is 0 Å². The first kappa shape index (κ1) is 13.2. The van der Waals surface area contributed by atoms with Crippen molar-refractivity contribution in [3.63, 3.8) is 0 Å². The van der Waals surface area contributed by atoms with Gasteiger partial charge in [0.2, 0.25) is 5.82 Å². The summed E-state index contributed by atoms with van der Waals surface area (Å²) in [6.07, 6.45) is 5.13. The molecule has 2 aromatic rings. The molecular formula is C15H18N4. The van der Waals surface area contributed by atoms with Crippen LogP contribution in [0.3, 0.4) is 0 Å². The van der Waals surface area contributed by atoms with Gasteiger partial charge >= 0.3 is 0 Å². The minimum absolute atomic E-state index is 0.621. The zero-order valence-corrected chi connectivity index (χ0v) is 11.5. The fraction of sp³-hybridized carbons (Fsp3) is 0.267. The van der Waals surface area contributed by atoms with Gasteiger partial charge in [-0.2, -0.15) is 5.21 Å². The SMILES string of the molecule is C/C=C(\C(=C/C)c1nn[nH]n1)c1ccc(CC)cc1. The fourth-order valence-electron chi connectivity index (χ4n) is 2.08. The van der Waals surface area contributed by atoms with Gasteiger partial charge < -0.3 is 0 Å². The van der Waals surface area contributed by atoms with E-state index in [1.54, 1.807) is 0 Å². The molecule has 0 saturated carbocycles. The number of aromatic amines is 1. The van der Waals surface area contributed by atoms with Crippen LogP contribution < -0.4 is 0 Å². The van der Waals surface area contributed by atoms with Crippen LogP contribution in [-0.2, 0) is 6.42 Å². The molecule has 0 radical (unpaired) electrons. The van der Waals surface area contributed by atoms with Gasteiger partial charge in [-0.1, -0.05) is 43.3 Å². The summed E-state index contributed by atoms with van der Waals surface area (Å²) < 4.78 is 0. The van der Waals surface area contributed by atoms with E-state index in [2.05, 4.69) is 57.9 Å². The van der Waals surface area contributed by atoms with Crippen molar-refractivity contribution in [1.29, 1.82) is 0 Å². The van der Waals surface area contributed by atoms with Gasteiger partial charge in [0.1, 0.15) is 0 Å². The minimum atomic E-state index is 0.621. The molecule has 4 nitrogen and oxygen atoms in total. The summed E-state index contributed by atoms with van der Waals surface area (Å²) in [7, 11) is 0. The van der Waals surface area contributed by atoms with Crippen LogP contribution in [0.15, 0.2) is 36.4 Å². The summed E-state index contributed by atoms with van der Waals surface area (Å²) in [4.78, 5) is 0. The second-order valence-corrected chi connectivity index (χ2v) is 4.19. The highest BCUT2D eigenvalue weighted by atomic mass is 15.5. The molecule has 0 aliphatic heterocycles. The lowest BCUT2D eigenvalue weighted by atomic mass is 9.96. The van der Waals surface area contributed by atoms with Gasteiger partial charge in [-0.25, -0.2) is 0 Å². The smallest absolute Gasteiger partial charge is 0.177 e. The number of rotatable bonds is 4. The van der Waals surface area contributed by atoms with E-state index in [9.17, 15) is 0 Å². The lowest BCUT2D eigenvalue weighted by Gasteiger charge is -2.09. The Morgan fingerprint density at radius 3 is 2.26 bits per heavy atom. The number of allylic oxidation sites excluding steroid dienone is 4. The average molecular weight is 254 g/mol. The topological polar surface area (TPSA) is 54.5 Å². The first-order valence-electron chi connectivity index (χ1n) is 6.46. The Morgan fingerprint density at radius 2 is 1.79 bits per heavy atom. The van der Waals surface area contributed by atoms with Crippen LogP contribution in [0.4, 0.5) is 0 Å². The van der Waals surface area contributed by atoms with Crippen LogP contribution in [0.25, 0.3) is 11.1 Å². The Balaban J connectivity index is 2.39. The van der Waals surface area contributed by atoms with Gasteiger partial charge in [0.15, 0.2) is 0 Å². The summed E-state index contributed by atoms with van der Waals surface area (Å²) in [6, 6.07) is 8.58. The van der Waals surface area contributed by atoms with Gasteiger partial charge in [0.25, 0.3) is 0 Å². The summed E-state index contributed by atoms with van der Waals surface area (Å²) >= 11 is 0. The number of hydrogen-bond acceptors (Lipinski definition) is 3. The first-order valence-corrected chi connectivity index (χ1v) is 6.46. The number of aromatic nitrogens is 4. The number of tetrazole rings is 1. The molecule has 4 heteroatoms. The van der Waals surface area contributed by atoms with E-state index < -0.39 is 0 Å². The van der Waals surface area contributed by atoms with Crippen molar-refractivity contribution in [3.05, 3.63) is 53.4 Å². The van der Waals surface area contributed by atoms with Crippen LogP contribution in [-0.4, -0.2) is 20.6 Å². The highest BCUT2D eigenvalue weighted by Gasteiger charge is 2.12. The third-order valence-electron chi connectivity index (χ3n) is 3.13. The third kappa shape index (κ3) is 2.78. The molecule has 1 aromatic carbocycles. The molecule has 1 heterocycles. The Bertz CT molecular complexity index is 577. The lowest BCUT2D eigenvalue weighted by Crippen LogP contribution is -1.93. The van der Waals surface area contributed by atoms with E-state index in [-0.39, 0.29) is 0 Å². The summed E-state index contributed by atoms with van der Waals surface area (Å²) in [6.45, 7) is 6.16. The number of benzene rings is 1. The maximum atomic E-state index is 4.06. The molecule has 1 N–H and O–H groups in total. The summed E-state index contributed by atoms with van der Waals surface area (Å²) in [5.74, 6) is 0.621. The molecule has 19 heavy (non-hydrogen) atoms. The van der Waals surface area contributed by atoms with Crippen LogP contribution in [0.1, 0.15) is 37.7 Å². The number of hydrogen-bond donors (Lipinski definition) is 1. The Kier molecular flexibility index (Phi) is 4.23. The minimum Gasteiger partial charge on any atom is -0.177 e. The molecule has 0 bridgehead atoms. The van der Waals surface area contributed by atoms with E-state index >= 15 is 0 Å². The van der Waals surface area contributed by atoms with Crippen molar-refractivity contribution < 1.29 is 0 Å². The molecule has 0 amide bonds. The molecule has 0 saturated heterocycles. The quantitative estimate of drug-likeness (QED) is 0.852. The van der Waals surface area contributed by atoms with Crippen molar-refractivity contribution in [2.45, 2.75) is 27.2 Å². The lowest BCUT2D eigenvalue weighted by molar-refractivity contribution is 0.881. The van der Waals surface area contributed by atoms with E-state index in [1.807, 2.05) is 19.9 Å². The van der Waals surface area contributed by atoms with E-state index in [0.29, 0.717) is 5.82 Å². The molecule has 98 valence electrons. The molecule has 0 unspecified atom stereocenters. The molecule has 0 fully saturated rings. The fourth-order valence-corrected chi connectivity index (χ4v) is 2.08. The van der Waals surface area contributed by atoms with Crippen molar-refractivity contribution >= 4 is 11.1 Å². The Labute approximate surface area is 113 Å². The number of aryl methyl sites for hydroxylation is 1. The maximum absolute atomic E-state index is 4.06. The second-order valence-electron chi connectivity index (χ2n) is 4.19. The van der Waals surface area contributed by atoms with Gasteiger partial charge in [-0.05, 0) is 42.2 Å². The molecule has 0 aliphatic carbocycles. The standard InChI is InChI=1S/C15H18N4/c1-4-11-7-9-12(10-8-11)13(5-2)14(6-3)15-16-18-19-17-15/h5-10H,4H2,1-3H3,(H,16,17,18,19)/b13-5-,14-6+. The Hall–Kier alpha value is -2.23. The average Bonchev–Trinajstić information content (AvgIpc) is 2.98. The predicted molar refractivity (Wildman–Crippen MR) is 77.3 cm³/mol. The van der Waals surface area contributed by atoms with Gasteiger partial charge in [0, 0.05) is 5.57 Å². The van der Waals surface area contributed by atoms with Crippen molar-refractivity contribution in [2.75, 3.05) is 0 Å². The highest BCUT2D eigenvalue weighted by molar-refractivity contribution is 6.03. The second kappa shape index (κ2) is 6.09. The number of nitrogens with zero attached hydrogens (tertiary/aromatic N) is 3. The Morgan fingerprint density at radius 1 is 1.11 bits per heavy atom. The highest BCUT2D eigenvalue weighted by Crippen LogP contribution is 2.28. The predicted octanol–water partition coefficient (Wildman–Crippen LogP) is 3.27. The maximum Gasteiger partial charge on any atom is 0.204 e. The first-order chi connectivity index (χ1) is 9.30. The zero-order chi connectivity index (χ0) is 13.7. The van der Waals surface area contributed by atoms with E-state index in [1.165, 1.54) is 5.56 Å². The molecule has 1 aromatic heterocycles. The van der Waals surface area contributed by atoms with Crippen molar-refractivity contribution in [3.8, 4) is 0 Å².